The summed E-state index contributed by atoms with van der Waals surface area (Å²) in [6.07, 6.45) is 7.83. The number of halogens is 1. The monoisotopic (exact) mass is 994 g/mol. The van der Waals surface area contributed by atoms with Gasteiger partial charge in [-0.25, -0.2) is 14.2 Å². The molecule has 2 fully saturated rings. The van der Waals surface area contributed by atoms with Crippen molar-refractivity contribution in [1.29, 1.82) is 0 Å². The summed E-state index contributed by atoms with van der Waals surface area (Å²) in [6.45, 7) is 8.56. The number of carbonyl (C=O) groups excluding carboxylic acids is 5. The van der Waals surface area contributed by atoms with Gasteiger partial charge >= 0.3 is 6.03 Å². The number of fused-ring (bicyclic) bond motifs is 1. The van der Waals surface area contributed by atoms with Crippen molar-refractivity contribution in [2.45, 2.75) is 75.1 Å². The van der Waals surface area contributed by atoms with Crippen LogP contribution < -0.4 is 47.3 Å². The van der Waals surface area contributed by atoms with Crippen molar-refractivity contribution in [2.75, 3.05) is 101 Å². The van der Waals surface area contributed by atoms with Crippen molar-refractivity contribution in [3.8, 4) is 5.75 Å². The van der Waals surface area contributed by atoms with E-state index in [0.29, 0.717) is 126 Å². The van der Waals surface area contributed by atoms with Gasteiger partial charge < -0.3 is 66.2 Å². The van der Waals surface area contributed by atoms with E-state index >= 15 is 0 Å². The molecule has 5 rings (SSSR count). The maximum atomic E-state index is 14.5. The van der Waals surface area contributed by atoms with Gasteiger partial charge in [0.15, 0.2) is 11.6 Å². The second kappa shape index (κ2) is 31.9. The Bertz CT molecular complexity index is 2110. The van der Waals surface area contributed by atoms with Crippen molar-refractivity contribution in [1.82, 2.24) is 36.6 Å². The minimum atomic E-state index is -0.657. The molecule has 2 saturated heterocycles. The van der Waals surface area contributed by atoms with E-state index in [1.807, 2.05) is 11.8 Å². The molecule has 0 bridgehead atoms. The van der Waals surface area contributed by atoms with Crippen LogP contribution in [0.5, 0.6) is 5.75 Å². The maximum absolute atomic E-state index is 14.5. The molecule has 382 valence electrons. The van der Waals surface area contributed by atoms with Crippen LogP contribution in [0.4, 0.5) is 38.0 Å². The van der Waals surface area contributed by atoms with Crippen LogP contribution in [0.2, 0.25) is 0 Å². The molecule has 8 N–H and O–H groups in total. The molecule has 0 spiro atoms. The second-order valence-electron chi connectivity index (χ2n) is 16.2. The first-order valence-corrected chi connectivity index (χ1v) is 24.8. The highest BCUT2D eigenvalue weighted by Crippen LogP contribution is 2.33. The number of hydrogen-bond donors (Lipinski definition) is 8. The van der Waals surface area contributed by atoms with Gasteiger partial charge in [-0.2, -0.15) is 16.7 Å². The van der Waals surface area contributed by atoms with E-state index in [2.05, 4.69) is 59.1 Å². The predicted molar refractivity (Wildman–Crippen MR) is 265 cm³/mol. The Morgan fingerprint density at radius 1 is 0.714 bits per heavy atom. The number of ether oxygens (including phenoxy) is 5. The Morgan fingerprint density at radius 2 is 1.34 bits per heavy atom. The van der Waals surface area contributed by atoms with Crippen molar-refractivity contribution in [3.05, 3.63) is 73.2 Å². The molecule has 0 radical (unpaired) electrons. The molecule has 3 aromatic rings. The number of rotatable bonds is 36. The Labute approximate surface area is 412 Å². The van der Waals surface area contributed by atoms with Gasteiger partial charge in [0, 0.05) is 80.2 Å². The number of aromatic nitrogens is 2. The summed E-state index contributed by atoms with van der Waals surface area (Å²) in [5.41, 5.74) is 1.66. The lowest BCUT2D eigenvalue weighted by Gasteiger charge is -2.16. The number of hydrogen-bond acceptors (Lipinski definition) is 15. The van der Waals surface area contributed by atoms with Crippen LogP contribution in [0.1, 0.15) is 57.8 Å². The number of benzene rings is 2. The highest BCUT2D eigenvalue weighted by Gasteiger charge is 2.42. The highest BCUT2D eigenvalue weighted by molar-refractivity contribution is 8.00. The number of urea groups is 1. The smallest absolute Gasteiger partial charge is 0.315 e. The lowest BCUT2D eigenvalue weighted by molar-refractivity contribution is -0.123. The zero-order valence-corrected chi connectivity index (χ0v) is 40.3. The van der Waals surface area contributed by atoms with Gasteiger partial charge in [-0.3, -0.25) is 19.2 Å². The zero-order chi connectivity index (χ0) is 49.6. The number of amides is 6. The molecule has 22 heteroatoms. The molecule has 6 amide bonds. The molecule has 0 unspecified atom stereocenters. The van der Waals surface area contributed by atoms with Gasteiger partial charge in [-0.1, -0.05) is 19.1 Å². The van der Waals surface area contributed by atoms with Crippen molar-refractivity contribution >= 4 is 70.3 Å². The summed E-state index contributed by atoms with van der Waals surface area (Å²) in [7, 11) is 0. The molecule has 2 aliphatic heterocycles. The largest absolute Gasteiger partial charge is 0.491 e. The molecule has 0 aliphatic carbocycles. The number of thioether (sulfide) groups is 1. The zero-order valence-electron chi connectivity index (χ0n) is 39.5. The van der Waals surface area contributed by atoms with Gasteiger partial charge in [0.1, 0.15) is 12.4 Å². The lowest BCUT2D eigenvalue weighted by Crippen LogP contribution is -2.36. The summed E-state index contributed by atoms with van der Waals surface area (Å²) >= 11 is 1.89. The average Bonchev–Trinajstić information content (AvgIpc) is 3.91. The van der Waals surface area contributed by atoms with Crippen LogP contribution in [0.3, 0.4) is 0 Å². The van der Waals surface area contributed by atoms with E-state index in [-0.39, 0.29) is 66.4 Å². The predicted octanol–water partition coefficient (Wildman–Crippen LogP) is 4.70. The van der Waals surface area contributed by atoms with Crippen LogP contribution in [0.25, 0.3) is 0 Å². The maximum Gasteiger partial charge on any atom is 0.315 e. The lowest BCUT2D eigenvalue weighted by atomic mass is 10.0. The SMILES string of the molecule is C=CC(=O)Nc1cccc(Nc2nc(Nc3ccc(OCCOCCNC(=O)CCCC(=O)NCCCOCCOCCOCCCNC(=O)CCCC[C@@H]4SC[C@@H]5NC(=O)N[C@@H]54)cc3)ncc2F)c1. The highest BCUT2D eigenvalue weighted by atomic mass is 32.2. The van der Waals surface area contributed by atoms with Crippen molar-refractivity contribution in [3.63, 3.8) is 0 Å². The second-order valence-corrected chi connectivity index (χ2v) is 17.5. The normalized spacial score (nSPS) is 15.8. The van der Waals surface area contributed by atoms with E-state index in [9.17, 15) is 28.4 Å². The molecule has 2 aromatic carbocycles. The van der Waals surface area contributed by atoms with Crippen LogP contribution in [0.15, 0.2) is 67.4 Å². The van der Waals surface area contributed by atoms with Crippen LogP contribution in [0, 0.1) is 5.82 Å². The molecule has 3 heterocycles. The first kappa shape index (κ1) is 54.9. The van der Waals surface area contributed by atoms with E-state index in [1.165, 1.54) is 0 Å². The van der Waals surface area contributed by atoms with Crippen LogP contribution >= 0.6 is 11.8 Å². The summed E-state index contributed by atoms with van der Waals surface area (Å²) in [6, 6.07) is 14.1. The van der Waals surface area contributed by atoms with Crippen molar-refractivity contribution in [2.24, 2.45) is 0 Å². The molecular formula is C48H67FN10O10S. The first-order valence-electron chi connectivity index (χ1n) is 23.8. The number of carbonyl (C=O) groups is 5. The van der Waals surface area contributed by atoms with Gasteiger partial charge in [0.2, 0.25) is 29.6 Å². The molecule has 2 aliphatic rings. The average molecular weight is 995 g/mol. The Hall–Kier alpha value is -6.07. The van der Waals surface area contributed by atoms with Crippen LogP contribution in [-0.2, 0) is 38.1 Å². The van der Waals surface area contributed by atoms with Crippen LogP contribution in [-0.4, -0.2) is 142 Å². The third kappa shape index (κ3) is 21.7. The fourth-order valence-electron chi connectivity index (χ4n) is 7.16. The molecular weight excluding hydrogens is 928 g/mol. The van der Waals surface area contributed by atoms with E-state index < -0.39 is 5.82 Å². The fraction of sp³-hybridized carbons (Fsp3) is 0.521. The molecule has 0 saturated carbocycles. The number of anilines is 5. The summed E-state index contributed by atoms with van der Waals surface area (Å²) < 4.78 is 42.5. The molecule has 1 aromatic heterocycles. The van der Waals surface area contributed by atoms with Gasteiger partial charge in [-0.05, 0) is 80.6 Å². The Balaban J connectivity index is 0.751. The van der Waals surface area contributed by atoms with Crippen molar-refractivity contribution < 1.29 is 52.0 Å². The topological polar surface area (TPSA) is 254 Å². The number of unbranched alkanes of at least 4 members (excludes halogenated alkanes) is 1. The van der Waals surface area contributed by atoms with Gasteiger partial charge in [0.05, 0.1) is 57.9 Å². The van der Waals surface area contributed by atoms with E-state index in [0.717, 1.165) is 43.7 Å². The fourth-order valence-corrected chi connectivity index (χ4v) is 8.70. The Kier molecular flexibility index (Phi) is 25.0. The van der Waals surface area contributed by atoms with Gasteiger partial charge in [0.25, 0.3) is 0 Å². The van der Waals surface area contributed by atoms with E-state index in [1.54, 1.807) is 48.5 Å². The minimum Gasteiger partial charge on any atom is -0.491 e. The molecule has 3 atom stereocenters. The van der Waals surface area contributed by atoms with E-state index in [4.69, 9.17) is 23.7 Å². The first-order chi connectivity index (χ1) is 34.1. The summed E-state index contributed by atoms with van der Waals surface area (Å²) in [4.78, 5) is 67.8. The quantitative estimate of drug-likeness (QED) is 0.0223. The Morgan fingerprint density at radius 3 is 2.04 bits per heavy atom. The molecule has 70 heavy (non-hydrogen) atoms. The minimum absolute atomic E-state index is 0.0528. The standard InChI is InChI=1S/C48H67FN10O10S/c1-2-41(60)54-35-9-5-10-36(31-35)55-46-38(49)32-53-47(59-46)56-34-15-17-37(18-16-34)69-30-29-67-24-21-52-44(63)14-6-13-43(62)51-20-8-23-66-26-28-68-27-25-65-22-7-19-50-42(61)12-4-3-11-40-45-39(33-70-40)57-48(64)58-45/h2,5,9-10,15-18,31-32,39-40,45H,1,3-4,6-8,11-14,19-30,33H2,(H,50,61)(H,51,62)(H,52,63)(H,54,60)(H2,57,58,64)(H2,53,55,56,59)/t39-,40-,45-/m0/s1. The third-order valence-corrected chi connectivity index (χ3v) is 12.2. The van der Waals surface area contributed by atoms with Gasteiger partial charge in [-0.15, -0.1) is 0 Å². The summed E-state index contributed by atoms with van der Waals surface area (Å²) in [5.74, 6) is 0.433. The number of nitrogens with one attached hydrogen (secondary N) is 8. The third-order valence-electron chi connectivity index (χ3n) is 10.7. The molecule has 20 nitrogen and oxygen atoms in total. The number of nitrogens with zero attached hydrogens (tertiary/aromatic N) is 2. The summed E-state index contributed by atoms with van der Waals surface area (Å²) in [5, 5.41) is 23.5.